The lowest BCUT2D eigenvalue weighted by Crippen LogP contribution is -2.37. The van der Waals surface area contributed by atoms with Crippen LogP contribution in [0, 0.1) is 6.92 Å². The summed E-state index contributed by atoms with van der Waals surface area (Å²) in [7, 11) is 0. The van der Waals surface area contributed by atoms with Crippen molar-refractivity contribution in [2.75, 3.05) is 0 Å². The Kier molecular flexibility index (Phi) is 4.56. The Morgan fingerprint density at radius 3 is 2.37 bits per heavy atom. The Labute approximate surface area is 159 Å². The van der Waals surface area contributed by atoms with Gasteiger partial charge in [-0.05, 0) is 25.3 Å². The predicted octanol–water partition coefficient (Wildman–Crippen LogP) is 4.36. The standard InChI is InChI=1S/C23H23NO3/c1-15-8-7-11-17(14-15)20-19(21(25)16-9-3-2-4-10-16)22(26)23(27)24(20)18-12-5-6-13-18/h2-4,7-11,14,18,20,25H,5-6,12-13H2,1H3/b21-19-. The van der Waals surface area contributed by atoms with Gasteiger partial charge in [-0.3, -0.25) is 9.59 Å². The summed E-state index contributed by atoms with van der Waals surface area (Å²) in [6, 6.07) is 16.4. The van der Waals surface area contributed by atoms with Crippen LogP contribution in [-0.4, -0.2) is 27.7 Å². The smallest absolute Gasteiger partial charge is 0.295 e. The minimum absolute atomic E-state index is 0.0491. The van der Waals surface area contributed by atoms with Gasteiger partial charge in [0.05, 0.1) is 11.6 Å². The van der Waals surface area contributed by atoms with E-state index in [0.717, 1.165) is 36.8 Å². The molecule has 0 radical (unpaired) electrons. The summed E-state index contributed by atoms with van der Waals surface area (Å²) in [6.07, 6.45) is 3.93. The van der Waals surface area contributed by atoms with E-state index in [1.54, 1.807) is 17.0 Å². The molecule has 1 atom stereocenters. The van der Waals surface area contributed by atoms with Gasteiger partial charge in [-0.2, -0.15) is 0 Å². The van der Waals surface area contributed by atoms with Crippen LogP contribution in [0.25, 0.3) is 5.76 Å². The molecule has 27 heavy (non-hydrogen) atoms. The number of aryl methyl sites for hydroxylation is 1. The number of hydrogen-bond acceptors (Lipinski definition) is 3. The molecule has 1 N–H and O–H groups in total. The van der Waals surface area contributed by atoms with Crippen molar-refractivity contribution in [2.45, 2.75) is 44.7 Å². The van der Waals surface area contributed by atoms with Gasteiger partial charge in [-0.15, -0.1) is 0 Å². The lowest BCUT2D eigenvalue weighted by atomic mass is 9.94. The lowest BCUT2D eigenvalue weighted by Gasteiger charge is -2.31. The lowest BCUT2D eigenvalue weighted by molar-refractivity contribution is -0.141. The molecule has 1 amide bonds. The molecule has 1 aliphatic heterocycles. The van der Waals surface area contributed by atoms with Crippen molar-refractivity contribution in [3.8, 4) is 0 Å². The number of nitrogens with zero attached hydrogens (tertiary/aromatic N) is 1. The summed E-state index contributed by atoms with van der Waals surface area (Å²) >= 11 is 0. The minimum atomic E-state index is -0.588. The molecule has 0 bridgehead atoms. The maximum Gasteiger partial charge on any atom is 0.295 e. The number of aliphatic hydroxyl groups excluding tert-OH is 1. The third kappa shape index (κ3) is 3.05. The van der Waals surface area contributed by atoms with Crippen molar-refractivity contribution in [1.29, 1.82) is 0 Å². The summed E-state index contributed by atoms with van der Waals surface area (Å²) in [5.41, 5.74) is 2.69. The molecule has 2 aliphatic rings. The molecule has 138 valence electrons. The molecule has 2 fully saturated rings. The van der Waals surface area contributed by atoms with Gasteiger partial charge in [0.15, 0.2) is 0 Å². The van der Waals surface area contributed by atoms with Gasteiger partial charge in [-0.1, -0.05) is 73.0 Å². The van der Waals surface area contributed by atoms with Crippen LogP contribution in [0.1, 0.15) is 48.4 Å². The van der Waals surface area contributed by atoms with Crippen molar-refractivity contribution in [2.24, 2.45) is 0 Å². The molecule has 0 spiro atoms. The van der Waals surface area contributed by atoms with E-state index in [0.29, 0.717) is 5.56 Å². The highest BCUT2D eigenvalue weighted by atomic mass is 16.3. The average Bonchev–Trinajstić information content (AvgIpc) is 3.29. The Morgan fingerprint density at radius 2 is 1.70 bits per heavy atom. The minimum Gasteiger partial charge on any atom is -0.507 e. The highest BCUT2D eigenvalue weighted by Gasteiger charge is 2.49. The molecule has 1 unspecified atom stereocenters. The number of aliphatic hydroxyl groups is 1. The fraction of sp³-hybridized carbons (Fsp3) is 0.304. The normalized spacial score (nSPS) is 22.6. The zero-order chi connectivity index (χ0) is 19.0. The number of hydrogen-bond donors (Lipinski definition) is 1. The Balaban J connectivity index is 1.90. The summed E-state index contributed by atoms with van der Waals surface area (Å²) in [5, 5.41) is 11.0. The van der Waals surface area contributed by atoms with Gasteiger partial charge in [0, 0.05) is 11.6 Å². The second-order valence-electron chi connectivity index (χ2n) is 7.42. The highest BCUT2D eigenvalue weighted by molar-refractivity contribution is 6.46. The number of carbonyl (C=O) groups is 2. The van der Waals surface area contributed by atoms with Gasteiger partial charge < -0.3 is 10.0 Å². The van der Waals surface area contributed by atoms with Crippen LogP contribution in [-0.2, 0) is 9.59 Å². The number of amides is 1. The average molecular weight is 361 g/mol. The van der Waals surface area contributed by atoms with E-state index in [1.807, 2.05) is 49.4 Å². The van der Waals surface area contributed by atoms with Crippen molar-refractivity contribution in [3.05, 3.63) is 76.9 Å². The van der Waals surface area contributed by atoms with E-state index >= 15 is 0 Å². The summed E-state index contributed by atoms with van der Waals surface area (Å²) < 4.78 is 0. The molecular formula is C23H23NO3. The molecule has 4 heteroatoms. The maximum absolute atomic E-state index is 12.9. The van der Waals surface area contributed by atoms with Crippen molar-refractivity contribution in [1.82, 2.24) is 4.90 Å². The first kappa shape index (κ1) is 17.5. The zero-order valence-electron chi connectivity index (χ0n) is 15.4. The number of Topliss-reactive ketones (excluding diaryl/α,β-unsaturated/α-hetero) is 1. The molecule has 1 saturated heterocycles. The topological polar surface area (TPSA) is 57.6 Å². The highest BCUT2D eigenvalue weighted by Crippen LogP contribution is 2.43. The summed E-state index contributed by atoms with van der Waals surface area (Å²) in [4.78, 5) is 27.6. The first-order valence-corrected chi connectivity index (χ1v) is 9.50. The zero-order valence-corrected chi connectivity index (χ0v) is 15.4. The third-order valence-corrected chi connectivity index (χ3v) is 5.60. The fourth-order valence-electron chi connectivity index (χ4n) is 4.33. The fourth-order valence-corrected chi connectivity index (χ4v) is 4.33. The first-order valence-electron chi connectivity index (χ1n) is 9.50. The molecule has 1 aliphatic carbocycles. The Bertz CT molecular complexity index is 910. The van der Waals surface area contributed by atoms with Crippen molar-refractivity contribution >= 4 is 17.4 Å². The number of carbonyl (C=O) groups excluding carboxylic acids is 2. The molecule has 2 aromatic rings. The van der Waals surface area contributed by atoms with E-state index < -0.39 is 17.7 Å². The summed E-state index contributed by atoms with van der Waals surface area (Å²) in [6.45, 7) is 1.99. The summed E-state index contributed by atoms with van der Waals surface area (Å²) in [5.74, 6) is -1.18. The Hall–Kier alpha value is -2.88. The molecule has 4 rings (SSSR count). The van der Waals surface area contributed by atoms with Gasteiger partial charge in [0.1, 0.15) is 5.76 Å². The van der Waals surface area contributed by atoms with Crippen LogP contribution in [0.15, 0.2) is 60.2 Å². The second kappa shape index (κ2) is 7.03. The van der Waals surface area contributed by atoms with Crippen LogP contribution in [0.4, 0.5) is 0 Å². The second-order valence-corrected chi connectivity index (χ2v) is 7.42. The van der Waals surface area contributed by atoms with Crippen LogP contribution in [0.5, 0.6) is 0 Å². The number of benzene rings is 2. The third-order valence-electron chi connectivity index (χ3n) is 5.60. The van der Waals surface area contributed by atoms with E-state index in [1.165, 1.54) is 0 Å². The molecule has 1 heterocycles. The van der Waals surface area contributed by atoms with Crippen LogP contribution in [0.2, 0.25) is 0 Å². The first-order chi connectivity index (χ1) is 13.1. The number of likely N-dealkylation sites (tertiary alicyclic amines) is 1. The van der Waals surface area contributed by atoms with E-state index in [9.17, 15) is 14.7 Å². The molecular weight excluding hydrogens is 338 g/mol. The van der Waals surface area contributed by atoms with E-state index in [4.69, 9.17) is 0 Å². The largest absolute Gasteiger partial charge is 0.507 e. The van der Waals surface area contributed by atoms with Crippen LogP contribution >= 0.6 is 0 Å². The molecule has 1 saturated carbocycles. The quantitative estimate of drug-likeness (QED) is 0.502. The van der Waals surface area contributed by atoms with Crippen molar-refractivity contribution < 1.29 is 14.7 Å². The molecule has 2 aromatic carbocycles. The monoisotopic (exact) mass is 361 g/mol. The van der Waals surface area contributed by atoms with Gasteiger partial charge >= 0.3 is 0 Å². The van der Waals surface area contributed by atoms with Gasteiger partial charge in [0.25, 0.3) is 11.7 Å². The van der Waals surface area contributed by atoms with Crippen molar-refractivity contribution in [3.63, 3.8) is 0 Å². The van der Waals surface area contributed by atoms with E-state index in [2.05, 4.69) is 0 Å². The van der Waals surface area contributed by atoms with Crippen LogP contribution in [0.3, 0.4) is 0 Å². The van der Waals surface area contributed by atoms with Crippen LogP contribution < -0.4 is 0 Å². The molecule has 0 aromatic heterocycles. The predicted molar refractivity (Wildman–Crippen MR) is 104 cm³/mol. The SMILES string of the molecule is Cc1cccc(C2/C(=C(/O)c3ccccc3)C(=O)C(=O)N2C2CCCC2)c1. The number of ketones is 1. The van der Waals surface area contributed by atoms with Gasteiger partial charge in [-0.25, -0.2) is 0 Å². The Morgan fingerprint density at radius 1 is 1.00 bits per heavy atom. The van der Waals surface area contributed by atoms with E-state index in [-0.39, 0.29) is 17.4 Å². The number of rotatable bonds is 3. The van der Waals surface area contributed by atoms with Gasteiger partial charge in [0.2, 0.25) is 0 Å². The molecule has 4 nitrogen and oxygen atoms in total. The maximum atomic E-state index is 12.9.